The maximum Gasteiger partial charge on any atom is 0.228 e. The van der Waals surface area contributed by atoms with Gasteiger partial charge in [-0.2, -0.15) is 11.8 Å². The van der Waals surface area contributed by atoms with Crippen molar-refractivity contribution in [1.82, 2.24) is 30.4 Å². The fourth-order valence-corrected chi connectivity index (χ4v) is 4.68. The monoisotopic (exact) mass is 535 g/mol. The average molecular weight is 536 g/mol. The zero-order chi connectivity index (χ0) is 25.2. The molecule has 0 aliphatic rings. The Labute approximate surface area is 213 Å². The first-order chi connectivity index (χ1) is 16.9. The van der Waals surface area contributed by atoms with E-state index >= 15 is 0 Å². The Morgan fingerprint density at radius 2 is 1.54 bits per heavy atom. The van der Waals surface area contributed by atoms with Gasteiger partial charge < -0.3 is 0 Å². The van der Waals surface area contributed by atoms with Crippen LogP contribution in [-0.4, -0.2) is 55.3 Å². The number of carbonyl (C=O) groups excluding carboxylic acids is 1. The van der Waals surface area contributed by atoms with Crippen LogP contribution in [0.2, 0.25) is 0 Å². The van der Waals surface area contributed by atoms with Gasteiger partial charge in [0.15, 0.2) is 5.01 Å². The Morgan fingerprint density at radius 1 is 0.943 bits per heavy atom. The molecule has 4 aromatic rings. The lowest BCUT2D eigenvalue weighted by Crippen LogP contribution is -2.25. The average Bonchev–Trinajstić information content (AvgIpc) is 3.54. The minimum atomic E-state index is -0.425. The molecule has 0 fully saturated rings. The summed E-state index contributed by atoms with van der Waals surface area (Å²) in [5, 5.41) is 18.6. The molecule has 0 saturated heterocycles. The van der Waals surface area contributed by atoms with Gasteiger partial charge in [0.05, 0.1) is 12.4 Å². The second kappa shape index (κ2) is 13.3. The first-order valence-electron chi connectivity index (χ1n) is 10.5. The standard InChI is InChI=1S/C13H15FN4OS2.C9H8FN3S/c1-18(11(19)4-3-5-20-2)13-17-16-12(21-13)9-6-10(14)8-15-7-9;1-2-8-12-13-9(14-8)6-3-7(10)5-11-4-6/h6-8H,3-5H2,1-2H3;3-5H,2H2,1H3. The quantitative estimate of drug-likeness (QED) is 0.286. The molecule has 13 heteroatoms. The van der Waals surface area contributed by atoms with Gasteiger partial charge in [0.1, 0.15) is 21.6 Å². The normalized spacial score (nSPS) is 10.5. The molecule has 0 aliphatic heterocycles. The molecule has 0 N–H and O–H groups in total. The molecule has 0 aromatic carbocycles. The summed E-state index contributed by atoms with van der Waals surface area (Å²) in [6.45, 7) is 2.01. The molecule has 0 aliphatic carbocycles. The lowest BCUT2D eigenvalue weighted by atomic mass is 10.3. The summed E-state index contributed by atoms with van der Waals surface area (Å²) in [5.74, 6) is 0.182. The fraction of sp³-hybridized carbons (Fsp3) is 0.318. The third-order valence-electron chi connectivity index (χ3n) is 4.49. The number of amides is 1. The molecular weight excluding hydrogens is 512 g/mol. The maximum atomic E-state index is 13.1. The van der Waals surface area contributed by atoms with Crippen LogP contribution < -0.4 is 4.90 Å². The fourth-order valence-electron chi connectivity index (χ4n) is 2.68. The smallest absolute Gasteiger partial charge is 0.228 e. The van der Waals surface area contributed by atoms with E-state index in [9.17, 15) is 13.6 Å². The van der Waals surface area contributed by atoms with Crippen LogP contribution in [0.3, 0.4) is 0 Å². The van der Waals surface area contributed by atoms with Crippen molar-refractivity contribution >= 4 is 45.5 Å². The van der Waals surface area contributed by atoms with Gasteiger partial charge in [-0.3, -0.25) is 19.7 Å². The summed E-state index contributed by atoms with van der Waals surface area (Å²) in [7, 11) is 1.68. The number of carbonyl (C=O) groups is 1. The van der Waals surface area contributed by atoms with Gasteiger partial charge in [-0.05, 0) is 37.0 Å². The molecule has 0 spiro atoms. The molecular formula is C22H23F2N7OS3. The van der Waals surface area contributed by atoms with Gasteiger partial charge in [0.25, 0.3) is 0 Å². The van der Waals surface area contributed by atoms with Gasteiger partial charge in [0, 0.05) is 37.0 Å². The van der Waals surface area contributed by atoms with E-state index in [0.29, 0.717) is 32.7 Å². The van der Waals surface area contributed by atoms with Crippen LogP contribution in [0.5, 0.6) is 0 Å². The van der Waals surface area contributed by atoms with Crippen molar-refractivity contribution in [3.05, 3.63) is 53.6 Å². The number of anilines is 1. The van der Waals surface area contributed by atoms with Crippen molar-refractivity contribution in [2.75, 3.05) is 24.0 Å². The number of halogens is 2. The van der Waals surface area contributed by atoms with Gasteiger partial charge in [-0.1, -0.05) is 29.6 Å². The second-order valence-corrected chi connectivity index (χ2v) is 10.1. The van der Waals surface area contributed by atoms with Crippen LogP contribution in [0.15, 0.2) is 36.9 Å². The highest BCUT2D eigenvalue weighted by Gasteiger charge is 2.16. The Morgan fingerprint density at radius 3 is 2.09 bits per heavy atom. The third kappa shape index (κ3) is 7.80. The van der Waals surface area contributed by atoms with Crippen LogP contribution in [-0.2, 0) is 11.2 Å². The largest absolute Gasteiger partial charge is 0.290 e. The minimum Gasteiger partial charge on any atom is -0.290 e. The van der Waals surface area contributed by atoms with Crippen molar-refractivity contribution in [3.63, 3.8) is 0 Å². The molecule has 4 rings (SSSR count). The second-order valence-electron chi connectivity index (χ2n) is 7.08. The van der Waals surface area contributed by atoms with E-state index in [1.807, 2.05) is 13.2 Å². The molecule has 0 radical (unpaired) electrons. The van der Waals surface area contributed by atoms with Gasteiger partial charge in [0.2, 0.25) is 11.0 Å². The first-order valence-corrected chi connectivity index (χ1v) is 13.6. The Hall–Kier alpha value is -2.90. The number of thioether (sulfide) groups is 1. The zero-order valence-electron chi connectivity index (χ0n) is 19.3. The molecule has 0 unspecified atom stereocenters. The van der Waals surface area contributed by atoms with Crippen LogP contribution >= 0.6 is 34.4 Å². The highest BCUT2D eigenvalue weighted by atomic mass is 32.2. The molecule has 1 amide bonds. The number of aromatic nitrogens is 6. The van der Waals surface area contributed by atoms with E-state index in [2.05, 4.69) is 30.4 Å². The Balaban J connectivity index is 0.000000211. The highest BCUT2D eigenvalue weighted by Crippen LogP contribution is 2.28. The minimum absolute atomic E-state index is 0.00381. The summed E-state index contributed by atoms with van der Waals surface area (Å²) in [5.41, 5.74) is 1.24. The number of hydrogen-bond donors (Lipinski definition) is 0. The van der Waals surface area contributed by atoms with Gasteiger partial charge in [-0.15, -0.1) is 20.4 Å². The molecule has 4 aromatic heterocycles. The summed E-state index contributed by atoms with van der Waals surface area (Å²) in [4.78, 5) is 21.0. The number of aryl methyl sites for hydroxylation is 1. The Bertz CT molecular complexity index is 1250. The third-order valence-corrected chi connectivity index (χ3v) is 7.35. The number of pyridine rings is 2. The van der Waals surface area contributed by atoms with Crippen molar-refractivity contribution in [3.8, 4) is 21.1 Å². The SMILES string of the molecule is CCc1nnc(-c2cncc(F)c2)s1.CSCCCC(=O)N(C)c1nnc(-c2cncc(F)c2)s1. The summed E-state index contributed by atoms with van der Waals surface area (Å²) >= 11 is 4.42. The summed E-state index contributed by atoms with van der Waals surface area (Å²) in [6, 6.07) is 2.75. The van der Waals surface area contributed by atoms with Gasteiger partial charge in [-0.25, -0.2) is 8.78 Å². The van der Waals surface area contributed by atoms with Crippen LogP contribution in [0.4, 0.5) is 13.9 Å². The lowest BCUT2D eigenvalue weighted by Gasteiger charge is -2.12. The van der Waals surface area contributed by atoms with Crippen LogP contribution in [0.1, 0.15) is 24.8 Å². The zero-order valence-corrected chi connectivity index (χ0v) is 21.8. The van der Waals surface area contributed by atoms with Crippen molar-refractivity contribution in [1.29, 1.82) is 0 Å². The van der Waals surface area contributed by atoms with Crippen LogP contribution in [0.25, 0.3) is 21.1 Å². The van der Waals surface area contributed by atoms with E-state index in [4.69, 9.17) is 0 Å². The lowest BCUT2D eigenvalue weighted by molar-refractivity contribution is -0.118. The van der Waals surface area contributed by atoms with Crippen LogP contribution in [0, 0.1) is 11.6 Å². The summed E-state index contributed by atoms with van der Waals surface area (Å²) < 4.78 is 26.0. The predicted octanol–water partition coefficient (Wildman–Crippen LogP) is 5.15. The van der Waals surface area contributed by atoms with E-state index in [1.54, 1.807) is 25.0 Å². The number of nitrogens with zero attached hydrogens (tertiary/aromatic N) is 7. The van der Waals surface area contributed by atoms with Crippen molar-refractivity contribution < 1.29 is 13.6 Å². The molecule has 35 heavy (non-hydrogen) atoms. The van der Waals surface area contributed by atoms with E-state index in [1.165, 1.54) is 52.1 Å². The predicted molar refractivity (Wildman–Crippen MR) is 137 cm³/mol. The van der Waals surface area contributed by atoms with Gasteiger partial charge >= 0.3 is 0 Å². The topological polar surface area (TPSA) is 97.7 Å². The number of rotatable bonds is 8. The summed E-state index contributed by atoms with van der Waals surface area (Å²) in [6.07, 6.45) is 9.59. The van der Waals surface area contributed by atoms with E-state index in [-0.39, 0.29) is 11.7 Å². The van der Waals surface area contributed by atoms with E-state index in [0.717, 1.165) is 29.8 Å². The van der Waals surface area contributed by atoms with Crippen molar-refractivity contribution in [2.24, 2.45) is 0 Å². The molecule has 0 saturated carbocycles. The number of hydrogen-bond acceptors (Lipinski definition) is 10. The molecule has 4 heterocycles. The molecule has 0 atom stereocenters. The van der Waals surface area contributed by atoms with E-state index < -0.39 is 5.82 Å². The first kappa shape index (κ1) is 26.7. The highest BCUT2D eigenvalue weighted by molar-refractivity contribution is 7.98. The van der Waals surface area contributed by atoms with Crippen molar-refractivity contribution in [2.45, 2.75) is 26.2 Å². The molecule has 184 valence electrons. The molecule has 0 bridgehead atoms. The Kier molecular flexibility index (Phi) is 10.1. The maximum absolute atomic E-state index is 13.1. The molecule has 8 nitrogen and oxygen atoms in total.